The lowest BCUT2D eigenvalue weighted by Crippen LogP contribution is -2.39. The van der Waals surface area contributed by atoms with Gasteiger partial charge in [-0.25, -0.2) is 22.7 Å². The molecule has 0 amide bonds. The molecule has 1 aliphatic heterocycles. The van der Waals surface area contributed by atoms with Gasteiger partial charge in [-0.2, -0.15) is 23.4 Å². The van der Waals surface area contributed by atoms with Crippen molar-refractivity contribution in [2.45, 2.75) is 18.8 Å². The second-order valence-electron chi connectivity index (χ2n) is 9.50. The Morgan fingerprint density at radius 1 is 1.12 bits per heavy atom. The molecule has 0 saturated carbocycles. The maximum atomic E-state index is 15.6. The number of nitrogens with one attached hydrogen (secondary N) is 1. The van der Waals surface area contributed by atoms with Crippen LogP contribution in [0, 0.1) is 11.7 Å². The third kappa shape index (κ3) is 6.52. The van der Waals surface area contributed by atoms with Crippen LogP contribution in [0.3, 0.4) is 0 Å². The predicted octanol–water partition coefficient (Wildman–Crippen LogP) is 7.31. The smallest absolute Gasteiger partial charge is 0.426 e. The highest BCUT2D eigenvalue weighted by Gasteiger charge is 2.43. The van der Waals surface area contributed by atoms with Gasteiger partial charge in [-0.1, -0.05) is 12.1 Å². The molecule has 13 heteroatoms. The van der Waals surface area contributed by atoms with E-state index in [-0.39, 0.29) is 17.8 Å². The molecule has 5 rings (SSSR count). The Hall–Kier alpha value is -4.10. The summed E-state index contributed by atoms with van der Waals surface area (Å²) >= 11 is 1.13. The number of rotatable bonds is 7. The van der Waals surface area contributed by atoms with Crippen LogP contribution in [0.15, 0.2) is 60.2 Å². The minimum atomic E-state index is -5.01. The van der Waals surface area contributed by atoms with Gasteiger partial charge in [0, 0.05) is 17.5 Å². The maximum absolute atomic E-state index is 15.6. The van der Waals surface area contributed by atoms with Gasteiger partial charge in [0.15, 0.2) is 29.2 Å². The molecule has 2 aromatic carbocycles. The van der Waals surface area contributed by atoms with Crippen LogP contribution in [0.5, 0.6) is 11.5 Å². The minimum absolute atomic E-state index is 0.0537. The summed E-state index contributed by atoms with van der Waals surface area (Å²) in [5.74, 6) is -3.55. The molecule has 0 bridgehead atoms. The lowest BCUT2D eigenvalue weighted by atomic mass is 9.97. The number of hydrogen-bond acceptors (Lipinski definition) is 6. The van der Waals surface area contributed by atoms with Crippen LogP contribution in [0.2, 0.25) is 0 Å². The Bertz CT molecular complexity index is 1620. The molecule has 218 valence electrons. The summed E-state index contributed by atoms with van der Waals surface area (Å²) in [7, 11) is 1.33. The average molecular weight is 605 g/mol. The van der Waals surface area contributed by atoms with E-state index in [4.69, 9.17) is 4.74 Å². The molecule has 42 heavy (non-hydrogen) atoms. The van der Waals surface area contributed by atoms with Crippen molar-refractivity contribution < 1.29 is 35.7 Å². The Morgan fingerprint density at radius 2 is 1.93 bits per heavy atom. The van der Waals surface area contributed by atoms with Gasteiger partial charge in [-0.15, -0.1) is 11.3 Å². The summed E-state index contributed by atoms with van der Waals surface area (Å²) in [6, 6.07) is 8.92. The van der Waals surface area contributed by atoms with E-state index < -0.39 is 52.7 Å². The molecular formula is C29H24F6N5OS+. The van der Waals surface area contributed by atoms with E-state index in [1.54, 1.807) is 6.07 Å². The first-order chi connectivity index (χ1) is 20.1. The summed E-state index contributed by atoms with van der Waals surface area (Å²) in [4.78, 5) is 4.25. The third-order valence-electron chi connectivity index (χ3n) is 6.60. The molecule has 1 saturated heterocycles. The average Bonchev–Trinajstić information content (AvgIpc) is 3.47. The largest absolute Gasteiger partial charge is 0.453 e. The van der Waals surface area contributed by atoms with Crippen molar-refractivity contribution in [2.75, 3.05) is 20.1 Å². The number of hydrogen-bond donors (Lipinski definition) is 1. The van der Waals surface area contributed by atoms with Crippen molar-refractivity contribution in [3.63, 3.8) is 0 Å². The predicted molar refractivity (Wildman–Crippen MR) is 148 cm³/mol. The highest BCUT2D eigenvalue weighted by Crippen LogP contribution is 2.46. The molecule has 2 atom stereocenters. The standard InChI is InChI=1S/C29H24F6N5OS/c1-40(15-19-8-10-36-14-22(19)32)27-17(12-21(31)23-16-42-28(39-23)18-9-11-37-38-13-18)6-7-25(26(27)29(33,34)35)41-24-5-3-2-4-20(24)30/h2-7,9,11-13,15-16,19,22,36H,8,10,14H2,1H3/q+1/b21-12-,40-15+/t19?,22-/m1/s1. The van der Waals surface area contributed by atoms with Gasteiger partial charge in [0.1, 0.15) is 29.7 Å². The number of alkyl halides is 4. The summed E-state index contributed by atoms with van der Waals surface area (Å²) < 4.78 is 95.3. The summed E-state index contributed by atoms with van der Waals surface area (Å²) in [5, 5.41) is 12.2. The van der Waals surface area contributed by atoms with Crippen LogP contribution >= 0.6 is 11.3 Å². The van der Waals surface area contributed by atoms with Crippen molar-refractivity contribution in [1.29, 1.82) is 0 Å². The number of nitrogens with zero attached hydrogens (tertiary/aromatic N) is 4. The zero-order valence-electron chi connectivity index (χ0n) is 22.1. The Balaban J connectivity index is 1.65. The number of thiazole rings is 1. The zero-order valence-corrected chi connectivity index (χ0v) is 22.9. The van der Waals surface area contributed by atoms with Crippen LogP contribution in [0.4, 0.5) is 32.0 Å². The topological polar surface area (TPSA) is 62.9 Å². The number of ether oxygens (including phenoxy) is 1. The van der Waals surface area contributed by atoms with Crippen LogP contribution in [-0.4, -0.2) is 52.3 Å². The van der Waals surface area contributed by atoms with Gasteiger partial charge >= 0.3 is 6.18 Å². The highest BCUT2D eigenvalue weighted by molar-refractivity contribution is 7.13. The van der Waals surface area contributed by atoms with Gasteiger partial charge in [0.25, 0.3) is 0 Å². The number of benzene rings is 2. The molecule has 1 N–H and O–H groups in total. The van der Waals surface area contributed by atoms with Gasteiger partial charge in [0.05, 0.1) is 23.9 Å². The van der Waals surface area contributed by atoms with E-state index in [1.165, 1.54) is 55.3 Å². The first kappa shape index (κ1) is 29.4. The van der Waals surface area contributed by atoms with Gasteiger partial charge < -0.3 is 10.1 Å². The summed E-state index contributed by atoms with van der Waals surface area (Å²) in [6.45, 7) is 0.538. The normalized spacial score (nSPS) is 18.3. The lowest BCUT2D eigenvalue weighted by molar-refractivity contribution is -0.405. The van der Waals surface area contributed by atoms with Gasteiger partial charge in [0.2, 0.25) is 5.69 Å². The van der Waals surface area contributed by atoms with E-state index in [2.05, 4.69) is 20.5 Å². The lowest BCUT2D eigenvalue weighted by Gasteiger charge is -2.23. The molecule has 6 nitrogen and oxygen atoms in total. The Kier molecular flexibility index (Phi) is 8.69. The fourth-order valence-corrected chi connectivity index (χ4v) is 5.40. The van der Waals surface area contributed by atoms with E-state index in [1.807, 2.05) is 0 Å². The van der Waals surface area contributed by atoms with E-state index in [0.717, 1.165) is 34.1 Å². The summed E-state index contributed by atoms with van der Waals surface area (Å²) in [5.41, 5.74) is -1.40. The second-order valence-corrected chi connectivity index (χ2v) is 10.4. The molecule has 0 spiro atoms. The van der Waals surface area contributed by atoms with Gasteiger partial charge in [-0.05, 0) is 49.4 Å². The van der Waals surface area contributed by atoms with Crippen LogP contribution < -0.4 is 10.1 Å². The number of piperidine rings is 1. The fourth-order valence-electron chi connectivity index (χ4n) is 4.60. The van der Waals surface area contributed by atoms with Crippen LogP contribution in [0.1, 0.15) is 23.2 Å². The Morgan fingerprint density at radius 3 is 2.64 bits per heavy atom. The summed E-state index contributed by atoms with van der Waals surface area (Å²) in [6.07, 6.45) is -0.797. The SMILES string of the molecule is C/[N+](=C\C1CCNC[C@H]1F)c1c(/C=C(\F)c2csc(-c3ccnnc3)n2)ccc(Oc2ccccc2F)c1C(F)(F)F. The van der Waals surface area contributed by atoms with E-state index in [9.17, 15) is 22.0 Å². The van der Waals surface area contributed by atoms with Crippen LogP contribution in [-0.2, 0) is 6.18 Å². The second kappa shape index (κ2) is 12.4. The fraction of sp³-hybridized carbons (Fsp3) is 0.241. The maximum Gasteiger partial charge on any atom is 0.426 e. The first-order valence-electron chi connectivity index (χ1n) is 12.8. The minimum Gasteiger partial charge on any atom is -0.453 e. The number of para-hydroxylation sites is 1. The van der Waals surface area contributed by atoms with E-state index >= 15 is 4.39 Å². The molecular weight excluding hydrogens is 580 g/mol. The molecule has 3 heterocycles. The Labute approximate surface area is 241 Å². The molecule has 1 fully saturated rings. The third-order valence-corrected chi connectivity index (χ3v) is 7.49. The molecule has 0 aliphatic carbocycles. The first-order valence-corrected chi connectivity index (χ1v) is 13.7. The number of halogens is 6. The molecule has 4 aromatic rings. The van der Waals surface area contributed by atoms with Crippen molar-refractivity contribution in [3.05, 3.63) is 82.9 Å². The van der Waals surface area contributed by atoms with Gasteiger partial charge in [-0.3, -0.25) is 0 Å². The number of aromatic nitrogens is 3. The molecule has 1 unspecified atom stereocenters. The van der Waals surface area contributed by atoms with E-state index in [0.29, 0.717) is 23.5 Å². The quantitative estimate of drug-likeness (QED) is 0.136. The molecule has 0 radical (unpaired) electrons. The van der Waals surface area contributed by atoms with Crippen molar-refractivity contribution in [2.24, 2.45) is 5.92 Å². The van der Waals surface area contributed by atoms with Crippen molar-refractivity contribution in [3.8, 4) is 22.1 Å². The molecule has 2 aromatic heterocycles. The van der Waals surface area contributed by atoms with Crippen LogP contribution in [0.25, 0.3) is 22.5 Å². The highest BCUT2D eigenvalue weighted by atomic mass is 32.1. The van der Waals surface area contributed by atoms with Crippen molar-refractivity contribution in [1.82, 2.24) is 20.5 Å². The zero-order chi connectivity index (χ0) is 29.9. The molecule has 1 aliphatic rings. The monoisotopic (exact) mass is 604 g/mol. The van der Waals surface area contributed by atoms with Crippen molar-refractivity contribution >= 4 is 35.1 Å².